The Kier molecular flexibility index (Phi) is 5.60. The molecule has 1 fully saturated rings. The van der Waals surface area contributed by atoms with Gasteiger partial charge in [-0.2, -0.15) is 5.10 Å². The third kappa shape index (κ3) is 4.52. The van der Waals surface area contributed by atoms with Gasteiger partial charge in [-0.3, -0.25) is 4.68 Å². The summed E-state index contributed by atoms with van der Waals surface area (Å²) in [6.07, 6.45) is 4.90. The van der Waals surface area contributed by atoms with Crippen molar-refractivity contribution in [3.05, 3.63) is 52.8 Å². The van der Waals surface area contributed by atoms with Crippen molar-refractivity contribution in [2.75, 3.05) is 0 Å². The molecule has 1 saturated carbocycles. The van der Waals surface area contributed by atoms with Gasteiger partial charge in [-0.15, -0.1) is 0 Å². The van der Waals surface area contributed by atoms with Gasteiger partial charge < -0.3 is 15.7 Å². The van der Waals surface area contributed by atoms with Gasteiger partial charge in [0.15, 0.2) is 0 Å². The Balaban J connectivity index is 1.75. The van der Waals surface area contributed by atoms with Crippen LogP contribution in [0.5, 0.6) is 0 Å². The predicted molar refractivity (Wildman–Crippen MR) is 96.4 cm³/mol. The van der Waals surface area contributed by atoms with Gasteiger partial charge in [0.25, 0.3) is 0 Å². The first-order valence-electron chi connectivity index (χ1n) is 8.53. The number of aliphatic hydroxyl groups excluding tert-OH is 1. The van der Waals surface area contributed by atoms with E-state index >= 15 is 0 Å². The number of carbonyl (C=O) groups is 1. The lowest BCUT2D eigenvalue weighted by atomic mass is 9.93. The Morgan fingerprint density at radius 3 is 2.64 bits per heavy atom. The molecule has 0 bridgehead atoms. The maximum Gasteiger partial charge on any atom is 0.315 e. The molecule has 0 saturated heterocycles. The number of rotatable bonds is 4. The molecule has 1 aromatic heterocycles. The Morgan fingerprint density at radius 1 is 1.28 bits per heavy atom. The molecule has 0 aliphatic heterocycles. The van der Waals surface area contributed by atoms with Crippen molar-refractivity contribution in [1.29, 1.82) is 0 Å². The molecule has 2 aromatic rings. The molecule has 1 aliphatic carbocycles. The van der Waals surface area contributed by atoms with Gasteiger partial charge in [0.1, 0.15) is 6.04 Å². The van der Waals surface area contributed by atoms with E-state index in [9.17, 15) is 9.90 Å². The average molecular weight is 363 g/mol. The topological polar surface area (TPSA) is 79.2 Å². The molecule has 2 amide bonds. The lowest BCUT2D eigenvalue weighted by molar-refractivity contribution is 0.0941. The maximum atomic E-state index is 12.5. The molecule has 1 aliphatic rings. The van der Waals surface area contributed by atoms with Gasteiger partial charge in [0.05, 0.1) is 17.8 Å². The smallest absolute Gasteiger partial charge is 0.315 e. The summed E-state index contributed by atoms with van der Waals surface area (Å²) >= 11 is 5.97. The van der Waals surface area contributed by atoms with E-state index in [1.807, 2.05) is 31.4 Å². The monoisotopic (exact) mass is 362 g/mol. The van der Waals surface area contributed by atoms with Crippen LogP contribution in [0.1, 0.15) is 43.0 Å². The maximum absolute atomic E-state index is 12.5. The summed E-state index contributed by atoms with van der Waals surface area (Å²) in [4.78, 5) is 12.5. The van der Waals surface area contributed by atoms with Crippen LogP contribution in [-0.4, -0.2) is 33.1 Å². The minimum atomic E-state index is -0.483. The number of hydrogen-bond donors (Lipinski definition) is 3. The number of amides is 2. The van der Waals surface area contributed by atoms with Gasteiger partial charge in [0.2, 0.25) is 0 Å². The van der Waals surface area contributed by atoms with E-state index in [1.54, 1.807) is 16.8 Å². The van der Waals surface area contributed by atoms with Crippen LogP contribution in [0, 0.1) is 0 Å². The lowest BCUT2D eigenvalue weighted by Crippen LogP contribution is -2.49. The molecule has 1 aromatic carbocycles. The zero-order valence-corrected chi connectivity index (χ0v) is 14.9. The lowest BCUT2D eigenvalue weighted by Gasteiger charge is -2.29. The van der Waals surface area contributed by atoms with Crippen LogP contribution in [0.4, 0.5) is 4.79 Å². The zero-order chi connectivity index (χ0) is 17.8. The van der Waals surface area contributed by atoms with E-state index in [0.717, 1.165) is 36.9 Å². The summed E-state index contributed by atoms with van der Waals surface area (Å²) in [5.41, 5.74) is 1.63. The summed E-state index contributed by atoms with van der Waals surface area (Å²) in [6.45, 7) is 0. The van der Waals surface area contributed by atoms with E-state index in [0.29, 0.717) is 5.02 Å². The minimum Gasteiger partial charge on any atom is -0.391 e. The van der Waals surface area contributed by atoms with Crippen molar-refractivity contribution in [3.63, 3.8) is 0 Å². The van der Waals surface area contributed by atoms with Gasteiger partial charge in [0, 0.05) is 18.3 Å². The van der Waals surface area contributed by atoms with Crippen molar-refractivity contribution in [1.82, 2.24) is 20.4 Å². The minimum absolute atomic E-state index is 0.205. The first-order chi connectivity index (χ1) is 12.0. The summed E-state index contributed by atoms with van der Waals surface area (Å²) in [5, 5.41) is 21.0. The van der Waals surface area contributed by atoms with E-state index < -0.39 is 6.10 Å². The van der Waals surface area contributed by atoms with Crippen molar-refractivity contribution < 1.29 is 9.90 Å². The van der Waals surface area contributed by atoms with Crippen LogP contribution in [0.15, 0.2) is 36.5 Å². The fraction of sp³-hybridized carbons (Fsp3) is 0.444. The molecule has 25 heavy (non-hydrogen) atoms. The van der Waals surface area contributed by atoms with Gasteiger partial charge >= 0.3 is 6.03 Å². The highest BCUT2D eigenvalue weighted by Gasteiger charge is 2.26. The fourth-order valence-corrected chi connectivity index (χ4v) is 3.32. The standard InChI is InChI=1S/C18H23ClN4O2/c1-23-11-10-15(22-23)17(12-6-8-13(19)9-7-12)21-18(25)20-14-4-2-3-5-16(14)24/h6-11,14,16-17,24H,2-5H2,1H3,(H2,20,21,25)/t14-,16-,17?/m0/s1. The second kappa shape index (κ2) is 7.89. The highest BCUT2D eigenvalue weighted by Crippen LogP contribution is 2.23. The van der Waals surface area contributed by atoms with Crippen LogP contribution in [0.2, 0.25) is 5.02 Å². The second-order valence-electron chi connectivity index (χ2n) is 6.47. The summed E-state index contributed by atoms with van der Waals surface area (Å²) in [7, 11) is 1.83. The summed E-state index contributed by atoms with van der Waals surface area (Å²) < 4.78 is 1.70. The van der Waals surface area contributed by atoms with Crippen molar-refractivity contribution in [2.24, 2.45) is 7.05 Å². The van der Waals surface area contributed by atoms with Gasteiger partial charge in [-0.05, 0) is 36.6 Å². The van der Waals surface area contributed by atoms with E-state index in [1.165, 1.54) is 0 Å². The Morgan fingerprint density at radius 2 is 2.00 bits per heavy atom. The molecule has 134 valence electrons. The van der Waals surface area contributed by atoms with Crippen LogP contribution in [-0.2, 0) is 7.05 Å². The normalized spacial score (nSPS) is 21.6. The molecule has 0 spiro atoms. The van der Waals surface area contributed by atoms with E-state index in [2.05, 4.69) is 15.7 Å². The number of aliphatic hydroxyl groups is 1. The molecule has 3 rings (SSSR count). The number of carbonyl (C=O) groups excluding carboxylic acids is 1. The van der Waals surface area contributed by atoms with Crippen LogP contribution in [0.3, 0.4) is 0 Å². The highest BCUT2D eigenvalue weighted by molar-refractivity contribution is 6.30. The molecular formula is C18H23ClN4O2. The average Bonchev–Trinajstić information content (AvgIpc) is 3.02. The SMILES string of the molecule is Cn1ccc(C(NC(=O)N[C@H]2CCCC[C@@H]2O)c2ccc(Cl)cc2)n1. The van der Waals surface area contributed by atoms with Gasteiger partial charge in [-0.25, -0.2) is 4.79 Å². The Hall–Kier alpha value is -2.05. The molecule has 1 unspecified atom stereocenters. The number of hydrogen-bond acceptors (Lipinski definition) is 3. The molecule has 1 heterocycles. The number of nitrogens with zero attached hydrogens (tertiary/aromatic N) is 2. The summed E-state index contributed by atoms with van der Waals surface area (Å²) in [6, 6.07) is 8.29. The number of nitrogens with one attached hydrogen (secondary N) is 2. The largest absolute Gasteiger partial charge is 0.391 e. The summed E-state index contributed by atoms with van der Waals surface area (Å²) in [5.74, 6) is 0. The molecular weight excluding hydrogens is 340 g/mol. The quantitative estimate of drug-likeness (QED) is 0.782. The third-order valence-corrected chi connectivity index (χ3v) is 4.81. The van der Waals surface area contributed by atoms with Crippen molar-refractivity contribution in [3.8, 4) is 0 Å². The molecule has 7 heteroatoms. The van der Waals surface area contributed by atoms with E-state index in [-0.39, 0.29) is 18.1 Å². The van der Waals surface area contributed by atoms with Crippen molar-refractivity contribution in [2.45, 2.75) is 43.9 Å². The number of benzene rings is 1. The zero-order valence-electron chi connectivity index (χ0n) is 14.2. The molecule has 0 radical (unpaired) electrons. The number of aryl methyl sites for hydroxylation is 1. The van der Waals surface area contributed by atoms with Crippen molar-refractivity contribution >= 4 is 17.6 Å². The number of halogens is 1. The molecule has 3 atom stereocenters. The van der Waals surface area contributed by atoms with E-state index in [4.69, 9.17) is 11.6 Å². The molecule has 3 N–H and O–H groups in total. The van der Waals surface area contributed by atoms with Crippen LogP contribution < -0.4 is 10.6 Å². The Bertz CT molecular complexity index is 716. The number of urea groups is 1. The first kappa shape index (κ1) is 17.8. The van der Waals surface area contributed by atoms with Crippen LogP contribution >= 0.6 is 11.6 Å². The number of aromatic nitrogens is 2. The first-order valence-corrected chi connectivity index (χ1v) is 8.91. The fourth-order valence-electron chi connectivity index (χ4n) is 3.19. The molecule has 6 nitrogen and oxygen atoms in total. The Labute approximate surface area is 152 Å². The predicted octanol–water partition coefficient (Wildman–Crippen LogP) is 2.77. The van der Waals surface area contributed by atoms with Gasteiger partial charge in [-0.1, -0.05) is 36.6 Å². The highest BCUT2D eigenvalue weighted by atomic mass is 35.5. The third-order valence-electron chi connectivity index (χ3n) is 4.55. The van der Waals surface area contributed by atoms with Crippen LogP contribution in [0.25, 0.3) is 0 Å². The second-order valence-corrected chi connectivity index (χ2v) is 6.91.